The van der Waals surface area contributed by atoms with Crippen LogP contribution in [0.1, 0.15) is 38.5 Å². The molecule has 2 rings (SSSR count). The Bertz CT molecular complexity index is 318. The van der Waals surface area contributed by atoms with Gasteiger partial charge in [-0.15, -0.1) is 0 Å². The molecule has 0 aromatic rings. The predicted octanol–water partition coefficient (Wildman–Crippen LogP) is 0.228. The molecular formula is C13H23N3O2. The smallest absolute Gasteiger partial charge is 0.239 e. The van der Waals surface area contributed by atoms with Crippen LogP contribution in [0.4, 0.5) is 0 Å². The molecule has 1 aliphatic carbocycles. The van der Waals surface area contributed by atoms with E-state index in [4.69, 9.17) is 11.5 Å². The minimum Gasteiger partial charge on any atom is -0.369 e. The van der Waals surface area contributed by atoms with Gasteiger partial charge < -0.3 is 16.4 Å². The fourth-order valence-corrected chi connectivity index (χ4v) is 3.11. The summed E-state index contributed by atoms with van der Waals surface area (Å²) in [6.45, 7) is 1.70. The monoisotopic (exact) mass is 253 g/mol. The van der Waals surface area contributed by atoms with Crippen LogP contribution in [-0.2, 0) is 9.59 Å². The van der Waals surface area contributed by atoms with Crippen LogP contribution in [0.25, 0.3) is 0 Å². The molecule has 1 heterocycles. The molecule has 1 aliphatic heterocycles. The van der Waals surface area contributed by atoms with Crippen LogP contribution < -0.4 is 11.5 Å². The number of nitrogens with two attached hydrogens (primary N) is 2. The van der Waals surface area contributed by atoms with Crippen molar-refractivity contribution in [3.8, 4) is 0 Å². The van der Waals surface area contributed by atoms with Crippen molar-refractivity contribution >= 4 is 11.8 Å². The Labute approximate surface area is 108 Å². The van der Waals surface area contributed by atoms with Crippen LogP contribution in [0.3, 0.4) is 0 Å². The lowest BCUT2D eigenvalue weighted by Crippen LogP contribution is -2.48. The lowest BCUT2D eigenvalue weighted by Gasteiger charge is -2.32. The summed E-state index contributed by atoms with van der Waals surface area (Å²) < 4.78 is 0. The van der Waals surface area contributed by atoms with Gasteiger partial charge in [0.25, 0.3) is 0 Å². The van der Waals surface area contributed by atoms with E-state index in [0.717, 1.165) is 51.6 Å². The second-order valence-corrected chi connectivity index (χ2v) is 5.57. The number of hydrogen-bond acceptors (Lipinski definition) is 3. The molecule has 0 aromatic carbocycles. The summed E-state index contributed by atoms with van der Waals surface area (Å²) in [6, 6.07) is -0.392. The summed E-state index contributed by atoms with van der Waals surface area (Å²) in [7, 11) is 0. The van der Waals surface area contributed by atoms with Crippen molar-refractivity contribution in [1.29, 1.82) is 0 Å². The van der Waals surface area contributed by atoms with E-state index < -0.39 is 6.04 Å². The maximum atomic E-state index is 12.2. The van der Waals surface area contributed by atoms with Crippen LogP contribution in [-0.4, -0.2) is 35.8 Å². The first-order valence-electron chi connectivity index (χ1n) is 6.93. The van der Waals surface area contributed by atoms with Gasteiger partial charge in [-0.1, -0.05) is 0 Å². The zero-order valence-corrected chi connectivity index (χ0v) is 10.8. The fourth-order valence-electron chi connectivity index (χ4n) is 3.11. The summed E-state index contributed by atoms with van der Waals surface area (Å²) in [6.07, 6.45) is 5.42. The summed E-state index contributed by atoms with van der Waals surface area (Å²) in [5, 5.41) is 0. The van der Waals surface area contributed by atoms with Gasteiger partial charge in [-0.05, 0) is 44.4 Å². The molecule has 2 aliphatic rings. The Balaban J connectivity index is 1.84. The van der Waals surface area contributed by atoms with E-state index in [-0.39, 0.29) is 23.7 Å². The molecule has 102 valence electrons. The molecule has 18 heavy (non-hydrogen) atoms. The second kappa shape index (κ2) is 5.69. The minimum absolute atomic E-state index is 0.0182. The molecule has 0 radical (unpaired) electrons. The Morgan fingerprint density at radius 1 is 1.06 bits per heavy atom. The summed E-state index contributed by atoms with van der Waals surface area (Å²) in [5.74, 6) is 0.0759. The number of rotatable bonds is 3. The molecule has 0 aromatic heterocycles. The van der Waals surface area contributed by atoms with E-state index in [9.17, 15) is 9.59 Å². The largest absolute Gasteiger partial charge is 0.369 e. The van der Waals surface area contributed by atoms with Crippen LogP contribution in [0.2, 0.25) is 0 Å². The highest BCUT2D eigenvalue weighted by Gasteiger charge is 2.33. The average molecular weight is 253 g/mol. The van der Waals surface area contributed by atoms with Gasteiger partial charge in [-0.3, -0.25) is 9.59 Å². The molecule has 0 unspecified atom stereocenters. The van der Waals surface area contributed by atoms with Gasteiger partial charge >= 0.3 is 0 Å². The SMILES string of the molecule is NC(=O)C1CCC([C@H](N)C(=O)N2CCCC2)CC1. The number of amides is 2. The molecule has 2 amide bonds. The fraction of sp³-hybridized carbons (Fsp3) is 0.846. The van der Waals surface area contributed by atoms with Crippen LogP contribution in [0.5, 0.6) is 0 Å². The standard InChI is InChI=1S/C13H23N3O2/c14-11(13(18)16-7-1-2-8-16)9-3-5-10(6-4-9)12(15)17/h9-11H,1-8,14H2,(H2,15,17)/t9?,10?,11-/m0/s1. The number of carbonyl (C=O) groups excluding carboxylic acids is 2. The first-order valence-corrected chi connectivity index (χ1v) is 6.93. The third kappa shape index (κ3) is 2.83. The molecule has 1 saturated heterocycles. The van der Waals surface area contributed by atoms with E-state index in [1.807, 2.05) is 4.90 Å². The van der Waals surface area contributed by atoms with Crippen molar-refractivity contribution in [3.63, 3.8) is 0 Å². The van der Waals surface area contributed by atoms with Crippen molar-refractivity contribution in [1.82, 2.24) is 4.90 Å². The summed E-state index contributed by atoms with van der Waals surface area (Å²) in [5.41, 5.74) is 11.4. The molecule has 5 nitrogen and oxygen atoms in total. The Kier molecular flexibility index (Phi) is 4.22. The maximum absolute atomic E-state index is 12.2. The van der Waals surface area contributed by atoms with Gasteiger partial charge in [0, 0.05) is 19.0 Å². The molecule has 1 atom stereocenters. The zero-order valence-electron chi connectivity index (χ0n) is 10.8. The van der Waals surface area contributed by atoms with Crippen LogP contribution in [0, 0.1) is 11.8 Å². The number of carbonyl (C=O) groups is 2. The maximum Gasteiger partial charge on any atom is 0.239 e. The summed E-state index contributed by atoms with van der Waals surface area (Å²) >= 11 is 0. The molecule has 5 heteroatoms. The zero-order chi connectivity index (χ0) is 13.1. The van der Waals surface area contributed by atoms with Crippen molar-refractivity contribution in [2.75, 3.05) is 13.1 Å². The third-order valence-corrected chi connectivity index (χ3v) is 4.38. The van der Waals surface area contributed by atoms with Gasteiger partial charge in [0.2, 0.25) is 11.8 Å². The Morgan fingerprint density at radius 3 is 2.11 bits per heavy atom. The molecule has 2 fully saturated rings. The van der Waals surface area contributed by atoms with Gasteiger partial charge in [0.15, 0.2) is 0 Å². The van der Waals surface area contributed by atoms with Gasteiger partial charge in [0.05, 0.1) is 6.04 Å². The number of primary amides is 1. The van der Waals surface area contributed by atoms with E-state index >= 15 is 0 Å². The van der Waals surface area contributed by atoms with E-state index in [2.05, 4.69) is 0 Å². The highest BCUT2D eigenvalue weighted by Crippen LogP contribution is 2.30. The van der Waals surface area contributed by atoms with Crippen LogP contribution >= 0.6 is 0 Å². The molecule has 1 saturated carbocycles. The topological polar surface area (TPSA) is 89.4 Å². The highest BCUT2D eigenvalue weighted by molar-refractivity contribution is 5.82. The third-order valence-electron chi connectivity index (χ3n) is 4.38. The lowest BCUT2D eigenvalue weighted by molar-refractivity contribution is -0.133. The van der Waals surface area contributed by atoms with Gasteiger partial charge in [-0.25, -0.2) is 0 Å². The van der Waals surface area contributed by atoms with Crippen molar-refractivity contribution in [2.24, 2.45) is 23.3 Å². The van der Waals surface area contributed by atoms with Gasteiger partial charge in [-0.2, -0.15) is 0 Å². The Hall–Kier alpha value is -1.10. The number of hydrogen-bond donors (Lipinski definition) is 2. The molecule has 0 bridgehead atoms. The highest BCUT2D eigenvalue weighted by atomic mass is 16.2. The molecule has 4 N–H and O–H groups in total. The van der Waals surface area contributed by atoms with E-state index in [0.29, 0.717) is 0 Å². The number of likely N-dealkylation sites (tertiary alicyclic amines) is 1. The lowest BCUT2D eigenvalue weighted by atomic mass is 9.78. The first-order chi connectivity index (χ1) is 8.59. The van der Waals surface area contributed by atoms with Crippen molar-refractivity contribution < 1.29 is 9.59 Å². The quantitative estimate of drug-likeness (QED) is 0.754. The Morgan fingerprint density at radius 2 is 1.61 bits per heavy atom. The van der Waals surface area contributed by atoms with E-state index in [1.54, 1.807) is 0 Å². The van der Waals surface area contributed by atoms with Crippen LogP contribution in [0.15, 0.2) is 0 Å². The van der Waals surface area contributed by atoms with Crippen molar-refractivity contribution in [2.45, 2.75) is 44.6 Å². The van der Waals surface area contributed by atoms with Crippen molar-refractivity contribution in [3.05, 3.63) is 0 Å². The molecule has 0 spiro atoms. The summed E-state index contributed by atoms with van der Waals surface area (Å²) in [4.78, 5) is 25.1. The second-order valence-electron chi connectivity index (χ2n) is 5.57. The normalized spacial score (nSPS) is 30.2. The average Bonchev–Trinajstić information content (AvgIpc) is 2.91. The number of nitrogens with zero attached hydrogens (tertiary/aromatic N) is 1. The predicted molar refractivity (Wildman–Crippen MR) is 68.4 cm³/mol. The van der Waals surface area contributed by atoms with E-state index in [1.165, 1.54) is 0 Å². The molecular weight excluding hydrogens is 230 g/mol. The van der Waals surface area contributed by atoms with Gasteiger partial charge in [0.1, 0.15) is 0 Å². The minimum atomic E-state index is -0.392. The first kappa shape index (κ1) is 13.3.